The van der Waals surface area contributed by atoms with Crippen molar-refractivity contribution in [2.24, 2.45) is 0 Å². The molecule has 0 N–H and O–H groups in total. The van der Waals surface area contributed by atoms with Gasteiger partial charge in [-0.2, -0.15) is 0 Å². The Morgan fingerprint density at radius 2 is 1.83 bits per heavy atom. The summed E-state index contributed by atoms with van der Waals surface area (Å²) in [5.74, 6) is 0.680. The van der Waals surface area contributed by atoms with Gasteiger partial charge in [-0.3, -0.25) is 9.36 Å². The first-order chi connectivity index (χ1) is 14.6. The minimum atomic E-state index is -0.0706. The number of rotatable bonds is 4. The fraction of sp³-hybridized carbons (Fsp3) is 0.125. The summed E-state index contributed by atoms with van der Waals surface area (Å²) in [6.45, 7) is 4.47. The highest BCUT2D eigenvalue weighted by molar-refractivity contribution is 7.17. The molecule has 5 aromatic rings. The van der Waals surface area contributed by atoms with Crippen LogP contribution in [0.3, 0.4) is 0 Å². The van der Waals surface area contributed by atoms with Crippen molar-refractivity contribution >= 4 is 21.6 Å². The first-order valence-electron chi connectivity index (χ1n) is 9.65. The molecule has 0 fully saturated rings. The van der Waals surface area contributed by atoms with Crippen LogP contribution in [0.15, 0.2) is 75.6 Å². The van der Waals surface area contributed by atoms with Crippen molar-refractivity contribution in [3.05, 3.63) is 93.5 Å². The molecule has 30 heavy (non-hydrogen) atoms. The van der Waals surface area contributed by atoms with Crippen LogP contribution in [0.1, 0.15) is 16.8 Å². The summed E-state index contributed by atoms with van der Waals surface area (Å²) in [5.41, 5.74) is 5.95. The summed E-state index contributed by atoms with van der Waals surface area (Å²) in [5, 5.41) is 6.80. The van der Waals surface area contributed by atoms with E-state index >= 15 is 0 Å². The van der Waals surface area contributed by atoms with Crippen LogP contribution in [0.5, 0.6) is 0 Å². The quantitative estimate of drug-likeness (QED) is 0.393. The molecule has 0 atom stereocenters. The Kier molecular flexibility index (Phi) is 4.56. The van der Waals surface area contributed by atoms with Gasteiger partial charge in [-0.25, -0.2) is 4.98 Å². The number of aryl methyl sites for hydroxylation is 2. The highest BCUT2D eigenvalue weighted by Crippen LogP contribution is 2.31. The van der Waals surface area contributed by atoms with Crippen molar-refractivity contribution in [3.8, 4) is 22.5 Å². The zero-order chi connectivity index (χ0) is 20.7. The van der Waals surface area contributed by atoms with Gasteiger partial charge in [-0.05, 0) is 30.5 Å². The molecule has 3 heterocycles. The Morgan fingerprint density at radius 1 is 1.00 bits per heavy atom. The van der Waals surface area contributed by atoms with Crippen molar-refractivity contribution in [2.75, 3.05) is 0 Å². The zero-order valence-corrected chi connectivity index (χ0v) is 17.4. The number of thiophene rings is 1. The van der Waals surface area contributed by atoms with Gasteiger partial charge in [0.25, 0.3) is 5.56 Å². The van der Waals surface area contributed by atoms with E-state index in [0.29, 0.717) is 23.4 Å². The van der Waals surface area contributed by atoms with Gasteiger partial charge < -0.3 is 4.52 Å². The van der Waals surface area contributed by atoms with Gasteiger partial charge in [0.15, 0.2) is 5.76 Å². The van der Waals surface area contributed by atoms with Crippen LogP contribution in [0.2, 0.25) is 0 Å². The molecule has 0 amide bonds. The average molecular weight is 414 g/mol. The number of hydrogen-bond acceptors (Lipinski definition) is 5. The second-order valence-corrected chi connectivity index (χ2v) is 8.21. The largest absolute Gasteiger partial charge is 0.356 e. The molecule has 148 valence electrons. The minimum absolute atomic E-state index is 0.0706. The summed E-state index contributed by atoms with van der Waals surface area (Å²) >= 11 is 1.49. The summed E-state index contributed by atoms with van der Waals surface area (Å²) < 4.78 is 7.06. The molecule has 0 aliphatic rings. The van der Waals surface area contributed by atoms with Crippen LogP contribution >= 0.6 is 11.3 Å². The van der Waals surface area contributed by atoms with Crippen LogP contribution < -0.4 is 5.56 Å². The first kappa shape index (κ1) is 18.5. The van der Waals surface area contributed by atoms with Gasteiger partial charge in [-0.1, -0.05) is 53.7 Å². The van der Waals surface area contributed by atoms with Crippen LogP contribution in [-0.4, -0.2) is 14.7 Å². The van der Waals surface area contributed by atoms with E-state index in [1.54, 1.807) is 10.9 Å². The summed E-state index contributed by atoms with van der Waals surface area (Å²) in [4.78, 5) is 18.5. The maximum absolute atomic E-state index is 13.3. The SMILES string of the molecule is Cc1ccc(-c2csc3ncn(Cc4cc(-c5ccccc5)on4)c(=O)c23)cc1C. The molecule has 0 saturated heterocycles. The monoisotopic (exact) mass is 413 g/mol. The van der Waals surface area contributed by atoms with Gasteiger partial charge in [-0.15, -0.1) is 11.3 Å². The average Bonchev–Trinajstić information content (AvgIpc) is 3.40. The standard InChI is InChI=1S/C24H19N3O2S/c1-15-8-9-18(10-16(15)2)20-13-30-23-22(20)24(28)27(14-25-23)12-19-11-21(29-26-19)17-6-4-3-5-7-17/h3-11,13-14H,12H2,1-2H3. The summed E-state index contributed by atoms with van der Waals surface area (Å²) in [7, 11) is 0. The lowest BCUT2D eigenvalue weighted by molar-refractivity contribution is 0.420. The van der Waals surface area contributed by atoms with Crippen LogP contribution in [-0.2, 0) is 6.54 Å². The second-order valence-electron chi connectivity index (χ2n) is 7.35. The van der Waals surface area contributed by atoms with E-state index in [4.69, 9.17) is 4.52 Å². The lowest BCUT2D eigenvalue weighted by atomic mass is 10.0. The Morgan fingerprint density at radius 3 is 2.63 bits per heavy atom. The van der Waals surface area contributed by atoms with Gasteiger partial charge in [0.2, 0.25) is 0 Å². The molecule has 0 bridgehead atoms. The summed E-state index contributed by atoms with van der Waals surface area (Å²) in [6, 6.07) is 17.9. The number of benzene rings is 2. The predicted octanol–water partition coefficient (Wildman–Crippen LogP) is 5.45. The van der Waals surface area contributed by atoms with E-state index in [-0.39, 0.29) is 5.56 Å². The molecular formula is C24H19N3O2S. The summed E-state index contributed by atoms with van der Waals surface area (Å²) in [6.07, 6.45) is 1.59. The van der Waals surface area contributed by atoms with Crippen molar-refractivity contribution in [1.29, 1.82) is 0 Å². The lowest BCUT2D eigenvalue weighted by Crippen LogP contribution is -2.21. The maximum Gasteiger partial charge on any atom is 0.263 e. The number of nitrogens with zero attached hydrogens (tertiary/aromatic N) is 3. The molecule has 6 heteroatoms. The molecule has 0 aliphatic carbocycles. The van der Waals surface area contributed by atoms with E-state index in [1.807, 2.05) is 41.8 Å². The van der Waals surface area contributed by atoms with Gasteiger partial charge in [0.05, 0.1) is 18.3 Å². The molecule has 0 unspecified atom stereocenters. The van der Waals surface area contributed by atoms with Crippen LogP contribution in [0, 0.1) is 13.8 Å². The smallest absolute Gasteiger partial charge is 0.263 e. The normalized spacial score (nSPS) is 11.3. The third-order valence-electron chi connectivity index (χ3n) is 5.33. The molecule has 0 aliphatic heterocycles. The van der Waals surface area contributed by atoms with Crippen molar-refractivity contribution in [2.45, 2.75) is 20.4 Å². The fourth-order valence-corrected chi connectivity index (χ4v) is 4.41. The van der Waals surface area contributed by atoms with Crippen molar-refractivity contribution in [1.82, 2.24) is 14.7 Å². The number of aromatic nitrogens is 3. The van der Waals surface area contributed by atoms with E-state index in [1.165, 1.54) is 22.5 Å². The molecule has 0 saturated carbocycles. The molecule has 5 nitrogen and oxygen atoms in total. The maximum atomic E-state index is 13.3. The van der Waals surface area contributed by atoms with E-state index in [2.05, 4.69) is 42.2 Å². The second kappa shape index (κ2) is 7.39. The highest BCUT2D eigenvalue weighted by Gasteiger charge is 2.15. The number of hydrogen-bond donors (Lipinski definition) is 0. The molecule has 0 radical (unpaired) electrons. The van der Waals surface area contributed by atoms with Gasteiger partial charge in [0.1, 0.15) is 10.5 Å². The topological polar surface area (TPSA) is 60.9 Å². The van der Waals surface area contributed by atoms with Crippen molar-refractivity contribution in [3.63, 3.8) is 0 Å². The molecule has 0 spiro atoms. The van der Waals surface area contributed by atoms with Crippen LogP contribution in [0.25, 0.3) is 32.7 Å². The van der Waals surface area contributed by atoms with Crippen LogP contribution in [0.4, 0.5) is 0 Å². The third-order valence-corrected chi connectivity index (χ3v) is 6.21. The molecular weight excluding hydrogens is 394 g/mol. The number of fused-ring (bicyclic) bond motifs is 1. The Hall–Kier alpha value is -3.51. The van der Waals surface area contributed by atoms with Crippen molar-refractivity contribution < 1.29 is 4.52 Å². The molecule has 3 aromatic heterocycles. The fourth-order valence-electron chi connectivity index (χ4n) is 3.50. The van der Waals surface area contributed by atoms with E-state index in [9.17, 15) is 4.79 Å². The molecule has 5 rings (SSSR count). The third kappa shape index (κ3) is 3.25. The predicted molar refractivity (Wildman–Crippen MR) is 120 cm³/mol. The van der Waals surface area contributed by atoms with Gasteiger partial charge >= 0.3 is 0 Å². The highest BCUT2D eigenvalue weighted by atomic mass is 32.1. The minimum Gasteiger partial charge on any atom is -0.356 e. The first-order valence-corrected chi connectivity index (χ1v) is 10.5. The van der Waals surface area contributed by atoms with Gasteiger partial charge in [0, 0.05) is 22.6 Å². The Bertz CT molecular complexity index is 1410. The van der Waals surface area contributed by atoms with E-state index < -0.39 is 0 Å². The molecule has 2 aromatic carbocycles. The zero-order valence-electron chi connectivity index (χ0n) is 16.6. The van der Waals surface area contributed by atoms with E-state index in [0.717, 1.165) is 21.5 Å². The lowest BCUT2D eigenvalue weighted by Gasteiger charge is -2.06. The Labute approximate surface area is 177 Å². The Balaban J connectivity index is 1.53.